The maximum atomic E-state index is 9.13. The van der Waals surface area contributed by atoms with E-state index in [0.29, 0.717) is 12.6 Å². The van der Waals surface area contributed by atoms with Crippen LogP contribution in [0.5, 0.6) is 6.01 Å². The zero-order valence-electron chi connectivity index (χ0n) is 17.7. The molecular formula is C25H23N5O2. The van der Waals surface area contributed by atoms with Gasteiger partial charge in [0.05, 0.1) is 29.4 Å². The van der Waals surface area contributed by atoms with E-state index in [1.54, 1.807) is 0 Å². The Hall–Kier alpha value is -3.84. The molecule has 0 amide bonds. The Morgan fingerprint density at radius 2 is 1.59 bits per heavy atom. The van der Waals surface area contributed by atoms with Gasteiger partial charge in [-0.25, -0.2) is 0 Å². The first-order chi connectivity index (χ1) is 15.7. The van der Waals surface area contributed by atoms with Crippen molar-refractivity contribution in [2.75, 3.05) is 13.2 Å². The van der Waals surface area contributed by atoms with Gasteiger partial charge in [-0.05, 0) is 41.0 Å². The quantitative estimate of drug-likeness (QED) is 0.508. The monoisotopic (exact) mass is 425 g/mol. The molecule has 2 unspecified atom stereocenters. The van der Waals surface area contributed by atoms with Crippen LogP contribution in [0.15, 0.2) is 94.3 Å². The minimum absolute atomic E-state index is 0.0266. The number of nitrogens with zero attached hydrogens (tertiary/aromatic N) is 5. The number of ether oxygens (including phenoxy) is 1. The summed E-state index contributed by atoms with van der Waals surface area (Å²) in [6, 6.07) is 27.3. The molecule has 0 bridgehead atoms. The molecule has 160 valence electrons. The van der Waals surface area contributed by atoms with Crippen LogP contribution in [0.1, 0.15) is 18.5 Å². The molecule has 0 saturated heterocycles. The lowest BCUT2D eigenvalue weighted by Gasteiger charge is -2.12. The highest BCUT2D eigenvalue weighted by Crippen LogP contribution is 2.34. The van der Waals surface area contributed by atoms with Gasteiger partial charge in [-0.15, -0.1) is 5.10 Å². The lowest BCUT2D eigenvalue weighted by atomic mass is 10.0. The van der Waals surface area contributed by atoms with E-state index < -0.39 is 0 Å². The predicted octanol–water partition coefficient (Wildman–Crippen LogP) is 4.87. The molecule has 0 aliphatic carbocycles. The highest BCUT2D eigenvalue weighted by molar-refractivity contribution is 6.02. The van der Waals surface area contributed by atoms with Crippen LogP contribution in [0.4, 0.5) is 0 Å². The standard InChI is InChI=1S/C14H11N3.C11H12N2O2/c1-2-4-11(5-3-1)12-6-8-13(9-7-12)14-10-15-17-16-14;1-7-10(6-14)15-11-12-8-4-2-3-5-9(8)13(7)11/h1-9H,10H2;2-5,7,10,14H,6H2,1H3. The smallest absolute Gasteiger partial charge is 0.298 e. The molecule has 0 radical (unpaired) electrons. The number of para-hydroxylation sites is 2. The second-order valence-electron chi connectivity index (χ2n) is 7.71. The van der Waals surface area contributed by atoms with E-state index in [4.69, 9.17) is 9.84 Å². The number of hydrogen-bond donors (Lipinski definition) is 1. The third kappa shape index (κ3) is 3.78. The number of imidazole rings is 1. The Morgan fingerprint density at radius 3 is 2.31 bits per heavy atom. The van der Waals surface area contributed by atoms with Gasteiger partial charge in [0.15, 0.2) is 0 Å². The molecule has 2 aliphatic heterocycles. The maximum Gasteiger partial charge on any atom is 0.298 e. The first-order valence-corrected chi connectivity index (χ1v) is 10.6. The molecule has 6 rings (SSSR count). The van der Waals surface area contributed by atoms with Crippen molar-refractivity contribution < 1.29 is 9.84 Å². The van der Waals surface area contributed by atoms with E-state index in [1.807, 2.05) is 54.0 Å². The van der Waals surface area contributed by atoms with Gasteiger partial charge in [0.25, 0.3) is 6.01 Å². The van der Waals surface area contributed by atoms with Crippen LogP contribution in [0, 0.1) is 0 Å². The lowest BCUT2D eigenvalue weighted by molar-refractivity contribution is 0.113. The summed E-state index contributed by atoms with van der Waals surface area (Å²) >= 11 is 0. The van der Waals surface area contributed by atoms with Crippen molar-refractivity contribution in [1.29, 1.82) is 0 Å². The SMILES string of the molecule is CC1C(CO)Oc2nc3ccccc3n21.c1ccc(-c2ccc(C3=NN=NC3)cc2)cc1. The first kappa shape index (κ1) is 20.1. The highest BCUT2D eigenvalue weighted by atomic mass is 16.5. The summed E-state index contributed by atoms with van der Waals surface area (Å²) in [5, 5.41) is 20.6. The molecule has 3 aromatic carbocycles. The van der Waals surface area contributed by atoms with Gasteiger partial charge in [0.2, 0.25) is 0 Å². The van der Waals surface area contributed by atoms with Crippen molar-refractivity contribution in [2.45, 2.75) is 19.1 Å². The number of rotatable bonds is 3. The van der Waals surface area contributed by atoms with E-state index in [1.165, 1.54) is 11.1 Å². The fraction of sp³-hybridized carbons (Fsp3) is 0.200. The van der Waals surface area contributed by atoms with Gasteiger partial charge in [0, 0.05) is 0 Å². The number of aromatic nitrogens is 2. The zero-order chi connectivity index (χ0) is 21.9. The van der Waals surface area contributed by atoms with E-state index in [-0.39, 0.29) is 18.8 Å². The Morgan fingerprint density at radius 1 is 0.906 bits per heavy atom. The van der Waals surface area contributed by atoms with Crippen molar-refractivity contribution in [3.63, 3.8) is 0 Å². The predicted molar refractivity (Wildman–Crippen MR) is 124 cm³/mol. The molecule has 1 aromatic heterocycles. The van der Waals surface area contributed by atoms with Gasteiger partial charge in [-0.1, -0.05) is 66.7 Å². The molecule has 7 heteroatoms. The third-order valence-corrected chi connectivity index (χ3v) is 5.72. The van der Waals surface area contributed by atoms with Crippen molar-refractivity contribution in [1.82, 2.24) is 9.55 Å². The van der Waals surface area contributed by atoms with Crippen LogP contribution in [-0.2, 0) is 0 Å². The van der Waals surface area contributed by atoms with Crippen LogP contribution >= 0.6 is 0 Å². The second-order valence-corrected chi connectivity index (χ2v) is 7.71. The Kier molecular flexibility index (Phi) is 5.47. The van der Waals surface area contributed by atoms with Crippen LogP contribution < -0.4 is 4.74 Å². The summed E-state index contributed by atoms with van der Waals surface area (Å²) in [5.74, 6) is 0. The average molecular weight is 425 g/mol. The molecule has 0 spiro atoms. The van der Waals surface area contributed by atoms with Gasteiger partial charge >= 0.3 is 0 Å². The van der Waals surface area contributed by atoms with Crippen molar-refractivity contribution in [2.24, 2.45) is 15.4 Å². The zero-order valence-corrected chi connectivity index (χ0v) is 17.7. The molecule has 0 fully saturated rings. The molecule has 32 heavy (non-hydrogen) atoms. The van der Waals surface area contributed by atoms with Crippen molar-refractivity contribution in [3.8, 4) is 17.1 Å². The Bertz CT molecular complexity index is 1280. The van der Waals surface area contributed by atoms with Crippen LogP contribution in [0.3, 0.4) is 0 Å². The third-order valence-electron chi connectivity index (χ3n) is 5.72. The largest absolute Gasteiger partial charge is 0.457 e. The van der Waals surface area contributed by atoms with Crippen LogP contribution in [0.25, 0.3) is 22.2 Å². The summed E-state index contributed by atoms with van der Waals surface area (Å²) in [7, 11) is 0. The molecular weight excluding hydrogens is 402 g/mol. The molecule has 0 saturated carbocycles. The number of hydrogen-bond acceptors (Lipinski definition) is 6. The van der Waals surface area contributed by atoms with E-state index in [9.17, 15) is 0 Å². The van der Waals surface area contributed by atoms with Gasteiger partial charge in [-0.3, -0.25) is 4.57 Å². The molecule has 3 heterocycles. The number of fused-ring (bicyclic) bond motifs is 3. The summed E-state index contributed by atoms with van der Waals surface area (Å²) < 4.78 is 7.59. The van der Waals surface area contributed by atoms with Gasteiger partial charge < -0.3 is 9.84 Å². The minimum Gasteiger partial charge on any atom is -0.457 e. The first-order valence-electron chi connectivity index (χ1n) is 10.6. The second kappa shape index (κ2) is 8.72. The number of aliphatic hydroxyl groups is 1. The highest BCUT2D eigenvalue weighted by Gasteiger charge is 2.32. The van der Waals surface area contributed by atoms with E-state index >= 15 is 0 Å². The van der Waals surface area contributed by atoms with Crippen molar-refractivity contribution in [3.05, 3.63) is 84.4 Å². The minimum atomic E-state index is -0.169. The van der Waals surface area contributed by atoms with Crippen LogP contribution in [-0.4, -0.2) is 39.6 Å². The Balaban J connectivity index is 0.000000136. The molecule has 2 aliphatic rings. The summed E-state index contributed by atoms with van der Waals surface area (Å²) in [6.45, 7) is 2.65. The van der Waals surface area contributed by atoms with Crippen LogP contribution in [0.2, 0.25) is 0 Å². The lowest BCUT2D eigenvalue weighted by Crippen LogP contribution is -2.23. The molecule has 4 aromatic rings. The van der Waals surface area contributed by atoms with E-state index in [0.717, 1.165) is 22.3 Å². The van der Waals surface area contributed by atoms with Crippen molar-refractivity contribution >= 4 is 16.7 Å². The summed E-state index contributed by atoms with van der Waals surface area (Å²) in [6.07, 6.45) is -0.169. The number of aliphatic hydroxyl groups excluding tert-OH is 1. The topological polar surface area (TPSA) is 84.4 Å². The fourth-order valence-corrected chi connectivity index (χ4v) is 3.94. The molecule has 7 nitrogen and oxygen atoms in total. The average Bonchev–Trinajstić information content (AvgIpc) is 3.57. The molecule has 2 atom stereocenters. The molecule has 1 N–H and O–H groups in total. The van der Waals surface area contributed by atoms with E-state index in [2.05, 4.69) is 56.8 Å². The van der Waals surface area contributed by atoms with Gasteiger partial charge in [-0.2, -0.15) is 10.1 Å². The maximum absolute atomic E-state index is 9.13. The fourth-order valence-electron chi connectivity index (χ4n) is 3.94. The number of benzene rings is 3. The normalized spacial score (nSPS) is 18.6. The Labute approximate surface area is 185 Å². The summed E-state index contributed by atoms with van der Waals surface area (Å²) in [5.41, 5.74) is 6.47. The van der Waals surface area contributed by atoms with Gasteiger partial charge in [0.1, 0.15) is 12.6 Å². The summed E-state index contributed by atoms with van der Waals surface area (Å²) in [4.78, 5) is 4.37.